The van der Waals surface area contributed by atoms with E-state index >= 15 is 0 Å². The molecule has 0 bridgehead atoms. The molecule has 100 valence electrons. The molecule has 4 heteroatoms. The van der Waals surface area contributed by atoms with Crippen LogP contribution < -0.4 is 10.2 Å². The molecule has 4 rings (SSSR count). The van der Waals surface area contributed by atoms with E-state index in [4.69, 9.17) is 9.15 Å². The van der Waals surface area contributed by atoms with Gasteiger partial charge in [0.2, 0.25) is 11.1 Å². The Morgan fingerprint density at radius 1 is 1.20 bits per heavy atom. The molecule has 0 spiro atoms. The van der Waals surface area contributed by atoms with Gasteiger partial charge in [-0.1, -0.05) is 6.08 Å². The van der Waals surface area contributed by atoms with Crippen molar-refractivity contribution in [3.63, 3.8) is 0 Å². The summed E-state index contributed by atoms with van der Waals surface area (Å²) in [6, 6.07) is 5.42. The molecular formula is C16H13NO3. The maximum atomic E-state index is 12.6. The van der Waals surface area contributed by atoms with Crippen LogP contribution in [0.4, 0.5) is 0 Å². The van der Waals surface area contributed by atoms with Crippen molar-refractivity contribution >= 4 is 28.1 Å². The first kappa shape index (κ1) is 11.3. The van der Waals surface area contributed by atoms with Crippen molar-refractivity contribution in [1.29, 1.82) is 0 Å². The zero-order chi connectivity index (χ0) is 13.9. The molecule has 0 unspecified atom stereocenters. The first-order chi connectivity index (χ1) is 9.55. The molecule has 1 aliphatic heterocycles. The number of ether oxygens (including phenoxy) is 1. The number of pyridine rings is 1. The highest BCUT2D eigenvalue weighted by Crippen LogP contribution is 2.34. The Bertz CT molecular complexity index is 928. The van der Waals surface area contributed by atoms with E-state index in [0.717, 1.165) is 16.8 Å². The Balaban J connectivity index is 2.16. The van der Waals surface area contributed by atoms with Gasteiger partial charge in [-0.2, -0.15) is 0 Å². The van der Waals surface area contributed by atoms with Gasteiger partial charge in [0.15, 0.2) is 0 Å². The zero-order valence-corrected chi connectivity index (χ0v) is 11.2. The molecule has 2 aromatic heterocycles. The molecule has 1 N–H and O–H groups in total. The molecule has 0 radical (unpaired) electrons. The Labute approximate surface area is 114 Å². The highest BCUT2D eigenvalue weighted by Gasteiger charge is 2.24. The van der Waals surface area contributed by atoms with Crippen LogP contribution in [0.1, 0.15) is 19.4 Å². The second kappa shape index (κ2) is 3.54. The van der Waals surface area contributed by atoms with Crippen molar-refractivity contribution in [2.45, 2.75) is 19.4 Å². The van der Waals surface area contributed by atoms with Crippen molar-refractivity contribution in [2.75, 3.05) is 0 Å². The summed E-state index contributed by atoms with van der Waals surface area (Å²) in [7, 11) is 0. The second-order valence-corrected chi connectivity index (χ2v) is 5.56. The summed E-state index contributed by atoms with van der Waals surface area (Å²) in [5.74, 6) is 0.735. The minimum Gasteiger partial charge on any atom is -0.483 e. The largest absolute Gasteiger partial charge is 0.483 e. The molecule has 1 aromatic carbocycles. The van der Waals surface area contributed by atoms with Gasteiger partial charge in [0, 0.05) is 5.56 Å². The van der Waals surface area contributed by atoms with Crippen LogP contribution >= 0.6 is 0 Å². The number of hydrogen-bond donors (Lipinski definition) is 1. The molecule has 3 aromatic rings. The maximum Gasteiger partial charge on any atom is 0.208 e. The van der Waals surface area contributed by atoms with Gasteiger partial charge in [0.1, 0.15) is 11.4 Å². The minimum atomic E-state index is -0.354. The number of hydrogen-bond acceptors (Lipinski definition) is 3. The maximum absolute atomic E-state index is 12.6. The number of fused-ring (bicyclic) bond motifs is 4. The monoisotopic (exact) mass is 267 g/mol. The molecule has 20 heavy (non-hydrogen) atoms. The standard InChI is InChI=1S/C16H13NO3/c1-16(2)7-5-9-12(20-16)4-3-11-13(9)14(18)10-6-8-19-15(10)17-11/h3-8H,1-2H3,(H,17,18). The van der Waals surface area contributed by atoms with Crippen LogP contribution in [0.25, 0.3) is 28.1 Å². The number of H-pyrrole nitrogens is 1. The van der Waals surface area contributed by atoms with Crippen LogP contribution in [0, 0.1) is 0 Å². The van der Waals surface area contributed by atoms with E-state index in [1.54, 1.807) is 6.07 Å². The van der Waals surface area contributed by atoms with E-state index in [2.05, 4.69) is 4.98 Å². The lowest BCUT2D eigenvalue weighted by atomic mass is 9.98. The van der Waals surface area contributed by atoms with Gasteiger partial charge in [0.25, 0.3) is 0 Å². The number of aromatic amines is 1. The summed E-state index contributed by atoms with van der Waals surface area (Å²) in [6.07, 6.45) is 5.44. The fourth-order valence-electron chi connectivity index (χ4n) is 2.65. The quantitative estimate of drug-likeness (QED) is 0.678. The van der Waals surface area contributed by atoms with Gasteiger partial charge in [-0.05, 0) is 38.1 Å². The van der Waals surface area contributed by atoms with Gasteiger partial charge >= 0.3 is 0 Å². The van der Waals surface area contributed by atoms with Crippen molar-refractivity contribution in [3.8, 4) is 5.75 Å². The van der Waals surface area contributed by atoms with Crippen molar-refractivity contribution < 1.29 is 9.15 Å². The lowest BCUT2D eigenvalue weighted by Gasteiger charge is -2.28. The highest BCUT2D eigenvalue weighted by atomic mass is 16.5. The third-order valence-electron chi connectivity index (χ3n) is 3.62. The lowest BCUT2D eigenvalue weighted by Crippen LogP contribution is -2.27. The topological polar surface area (TPSA) is 55.2 Å². The lowest BCUT2D eigenvalue weighted by molar-refractivity contribution is 0.159. The van der Waals surface area contributed by atoms with Gasteiger partial charge in [-0.25, -0.2) is 0 Å². The molecule has 0 aliphatic carbocycles. The molecule has 0 amide bonds. The minimum absolute atomic E-state index is 0.0349. The Morgan fingerprint density at radius 3 is 2.90 bits per heavy atom. The summed E-state index contributed by atoms with van der Waals surface area (Å²) in [5, 5.41) is 1.20. The van der Waals surface area contributed by atoms with E-state index in [9.17, 15) is 4.79 Å². The summed E-state index contributed by atoms with van der Waals surface area (Å²) < 4.78 is 11.2. The van der Waals surface area contributed by atoms with Crippen molar-refractivity contribution in [2.24, 2.45) is 0 Å². The molecule has 0 saturated carbocycles. The van der Waals surface area contributed by atoms with Crippen LogP contribution in [-0.2, 0) is 0 Å². The Hall–Kier alpha value is -2.49. The third-order valence-corrected chi connectivity index (χ3v) is 3.62. The third kappa shape index (κ3) is 1.45. The van der Waals surface area contributed by atoms with Crippen molar-refractivity contribution in [3.05, 3.63) is 46.3 Å². The predicted octanol–water partition coefficient (Wildman–Crippen LogP) is 3.46. The molecule has 0 fully saturated rings. The van der Waals surface area contributed by atoms with E-state index in [0.29, 0.717) is 16.5 Å². The Kier molecular flexibility index (Phi) is 2.01. The zero-order valence-electron chi connectivity index (χ0n) is 11.2. The SMILES string of the molecule is CC1(C)C=Cc2c(ccc3[nH]c4occc4c(=O)c23)O1. The number of benzene rings is 1. The number of furan rings is 1. The number of aromatic nitrogens is 1. The smallest absolute Gasteiger partial charge is 0.208 e. The van der Waals surface area contributed by atoms with Gasteiger partial charge in [-0.3, -0.25) is 4.79 Å². The second-order valence-electron chi connectivity index (χ2n) is 5.56. The van der Waals surface area contributed by atoms with Crippen LogP contribution in [0.5, 0.6) is 5.75 Å². The average molecular weight is 267 g/mol. The first-order valence-electron chi connectivity index (χ1n) is 6.50. The van der Waals surface area contributed by atoms with E-state index in [1.807, 2.05) is 38.1 Å². The van der Waals surface area contributed by atoms with Crippen LogP contribution in [0.3, 0.4) is 0 Å². The highest BCUT2D eigenvalue weighted by molar-refractivity contribution is 5.97. The number of rotatable bonds is 0. The van der Waals surface area contributed by atoms with Crippen LogP contribution in [0.2, 0.25) is 0 Å². The molecular weight excluding hydrogens is 254 g/mol. The summed E-state index contributed by atoms with van der Waals surface area (Å²) in [5.41, 5.74) is 1.69. The predicted molar refractivity (Wildman–Crippen MR) is 78.1 cm³/mol. The fourth-order valence-corrected chi connectivity index (χ4v) is 2.65. The molecule has 1 aliphatic rings. The summed E-state index contributed by atoms with van der Waals surface area (Å²) >= 11 is 0. The summed E-state index contributed by atoms with van der Waals surface area (Å²) in [6.45, 7) is 3.97. The van der Waals surface area contributed by atoms with E-state index in [-0.39, 0.29) is 11.0 Å². The summed E-state index contributed by atoms with van der Waals surface area (Å²) in [4.78, 5) is 15.8. The molecule has 0 saturated heterocycles. The number of nitrogens with one attached hydrogen (secondary N) is 1. The van der Waals surface area contributed by atoms with Gasteiger partial charge in [-0.15, -0.1) is 0 Å². The van der Waals surface area contributed by atoms with Crippen molar-refractivity contribution in [1.82, 2.24) is 4.98 Å². The van der Waals surface area contributed by atoms with Crippen LogP contribution in [-0.4, -0.2) is 10.6 Å². The average Bonchev–Trinajstić information content (AvgIpc) is 2.86. The van der Waals surface area contributed by atoms with Gasteiger partial charge < -0.3 is 14.1 Å². The molecule has 4 nitrogen and oxygen atoms in total. The van der Waals surface area contributed by atoms with E-state index < -0.39 is 0 Å². The van der Waals surface area contributed by atoms with Gasteiger partial charge in [0.05, 0.1) is 22.6 Å². The Morgan fingerprint density at radius 2 is 2.05 bits per heavy atom. The van der Waals surface area contributed by atoms with E-state index in [1.165, 1.54) is 6.26 Å². The molecule has 0 atom stereocenters. The molecule has 3 heterocycles. The fraction of sp³-hybridized carbons (Fsp3) is 0.188. The first-order valence-corrected chi connectivity index (χ1v) is 6.50. The normalized spacial score (nSPS) is 16.3. The van der Waals surface area contributed by atoms with Crippen LogP contribution in [0.15, 0.2) is 39.7 Å².